The van der Waals surface area contributed by atoms with Gasteiger partial charge in [-0.15, -0.1) is 0 Å². The van der Waals surface area contributed by atoms with Gasteiger partial charge in [-0.05, 0) is 17.5 Å². The number of rotatable bonds is 4. The summed E-state index contributed by atoms with van der Waals surface area (Å²) in [6.07, 6.45) is 2.46. The van der Waals surface area contributed by atoms with E-state index in [2.05, 4.69) is 6.92 Å². The highest BCUT2D eigenvalue weighted by molar-refractivity contribution is 5.97. The van der Waals surface area contributed by atoms with Crippen LogP contribution in [0.4, 0.5) is 0 Å². The molecular formula is C16H14O2. The van der Waals surface area contributed by atoms with Crippen LogP contribution < -0.4 is 0 Å². The second-order valence-corrected chi connectivity index (χ2v) is 4.06. The van der Waals surface area contributed by atoms with Crippen molar-refractivity contribution in [1.29, 1.82) is 0 Å². The minimum Gasteiger partial charge on any atom is -0.298 e. The molecule has 0 amide bonds. The lowest BCUT2D eigenvalue weighted by Crippen LogP contribution is -1.97. The Kier molecular flexibility index (Phi) is 3.68. The third-order valence-corrected chi connectivity index (χ3v) is 3.05. The fourth-order valence-electron chi connectivity index (χ4n) is 2.17. The summed E-state index contributed by atoms with van der Waals surface area (Å²) in [4.78, 5) is 22.3. The van der Waals surface area contributed by atoms with Gasteiger partial charge in [0.1, 0.15) is 0 Å². The van der Waals surface area contributed by atoms with Crippen LogP contribution in [0.5, 0.6) is 0 Å². The average molecular weight is 238 g/mol. The minimum atomic E-state index is 0.556. The quantitative estimate of drug-likeness (QED) is 0.763. The molecule has 0 unspecified atom stereocenters. The van der Waals surface area contributed by atoms with Crippen molar-refractivity contribution in [3.63, 3.8) is 0 Å². The predicted molar refractivity (Wildman–Crippen MR) is 72.0 cm³/mol. The van der Waals surface area contributed by atoms with Crippen LogP contribution in [0.1, 0.15) is 33.2 Å². The Balaban J connectivity index is 2.76. The van der Waals surface area contributed by atoms with Crippen molar-refractivity contribution < 1.29 is 9.59 Å². The van der Waals surface area contributed by atoms with Crippen LogP contribution in [0.2, 0.25) is 0 Å². The summed E-state index contributed by atoms with van der Waals surface area (Å²) in [6, 6.07) is 13.1. The van der Waals surface area contributed by atoms with Crippen molar-refractivity contribution in [2.24, 2.45) is 0 Å². The number of carbonyl (C=O) groups is 2. The van der Waals surface area contributed by atoms with Crippen LogP contribution in [0.15, 0.2) is 42.5 Å². The number of hydrogen-bond donors (Lipinski definition) is 0. The fraction of sp³-hybridized carbons (Fsp3) is 0.125. The van der Waals surface area contributed by atoms with Crippen molar-refractivity contribution in [3.05, 3.63) is 59.2 Å². The number of carbonyl (C=O) groups excluding carboxylic acids is 2. The maximum atomic E-state index is 11.2. The van der Waals surface area contributed by atoms with E-state index in [9.17, 15) is 9.59 Å². The summed E-state index contributed by atoms with van der Waals surface area (Å²) in [7, 11) is 0. The Morgan fingerprint density at radius 2 is 1.50 bits per heavy atom. The van der Waals surface area contributed by atoms with Crippen LogP contribution in [0.3, 0.4) is 0 Å². The Morgan fingerprint density at radius 3 is 2.06 bits per heavy atom. The number of aldehydes is 2. The van der Waals surface area contributed by atoms with Gasteiger partial charge in [0.05, 0.1) is 0 Å². The lowest BCUT2D eigenvalue weighted by Gasteiger charge is -2.12. The zero-order valence-corrected chi connectivity index (χ0v) is 10.2. The fourth-order valence-corrected chi connectivity index (χ4v) is 2.17. The summed E-state index contributed by atoms with van der Waals surface area (Å²) in [5.41, 5.74) is 3.95. The van der Waals surface area contributed by atoms with Crippen LogP contribution in [-0.2, 0) is 6.42 Å². The molecule has 2 aromatic rings. The molecule has 0 aliphatic rings. The predicted octanol–water partition coefficient (Wildman–Crippen LogP) is 3.54. The number of hydrogen-bond acceptors (Lipinski definition) is 2. The first-order valence-electron chi connectivity index (χ1n) is 5.93. The Hall–Kier alpha value is -2.22. The zero-order valence-electron chi connectivity index (χ0n) is 10.2. The van der Waals surface area contributed by atoms with Gasteiger partial charge in [0, 0.05) is 16.7 Å². The molecule has 0 aliphatic carbocycles. The molecule has 0 bridgehead atoms. The van der Waals surface area contributed by atoms with E-state index in [-0.39, 0.29) is 0 Å². The second-order valence-electron chi connectivity index (χ2n) is 4.06. The molecule has 0 aliphatic heterocycles. The monoisotopic (exact) mass is 238 g/mol. The summed E-state index contributed by atoms with van der Waals surface area (Å²) >= 11 is 0. The van der Waals surface area contributed by atoms with E-state index in [4.69, 9.17) is 0 Å². The molecule has 0 spiro atoms. The smallest absolute Gasteiger partial charge is 0.150 e. The zero-order chi connectivity index (χ0) is 13.0. The summed E-state index contributed by atoms with van der Waals surface area (Å²) < 4.78 is 0. The molecule has 2 nitrogen and oxygen atoms in total. The van der Waals surface area contributed by atoms with Gasteiger partial charge in [0.2, 0.25) is 0 Å². The molecule has 2 aromatic carbocycles. The average Bonchev–Trinajstić information content (AvgIpc) is 2.46. The maximum Gasteiger partial charge on any atom is 0.150 e. The highest BCUT2D eigenvalue weighted by Crippen LogP contribution is 2.29. The first kappa shape index (κ1) is 12.2. The lowest BCUT2D eigenvalue weighted by atomic mass is 9.91. The molecule has 2 rings (SSSR count). The van der Waals surface area contributed by atoms with E-state index in [1.807, 2.05) is 24.3 Å². The lowest BCUT2D eigenvalue weighted by molar-refractivity contribution is 0.112. The standard InChI is InChI=1S/C16H14O2/c1-2-12-6-3-4-9-15(12)16-13(10-17)7-5-8-14(16)11-18/h3-11H,2H2,1H3. The Bertz CT molecular complexity index is 559. The van der Waals surface area contributed by atoms with E-state index in [1.54, 1.807) is 18.2 Å². The van der Waals surface area contributed by atoms with E-state index in [0.717, 1.165) is 35.7 Å². The normalized spacial score (nSPS) is 10.1. The molecule has 0 saturated heterocycles. The van der Waals surface area contributed by atoms with Gasteiger partial charge in [0.25, 0.3) is 0 Å². The first-order chi connectivity index (χ1) is 8.81. The van der Waals surface area contributed by atoms with E-state index < -0.39 is 0 Å². The van der Waals surface area contributed by atoms with Crippen LogP contribution >= 0.6 is 0 Å². The second kappa shape index (κ2) is 5.41. The third kappa shape index (κ3) is 2.09. The van der Waals surface area contributed by atoms with E-state index >= 15 is 0 Å². The van der Waals surface area contributed by atoms with Crippen LogP contribution in [-0.4, -0.2) is 12.6 Å². The molecule has 90 valence electrons. The van der Waals surface area contributed by atoms with Crippen molar-refractivity contribution in [1.82, 2.24) is 0 Å². The van der Waals surface area contributed by atoms with Crippen LogP contribution in [0.25, 0.3) is 11.1 Å². The molecule has 0 aromatic heterocycles. The molecule has 0 saturated carbocycles. The number of aryl methyl sites for hydroxylation is 1. The van der Waals surface area contributed by atoms with Crippen molar-refractivity contribution in [3.8, 4) is 11.1 Å². The summed E-state index contributed by atoms with van der Waals surface area (Å²) in [6.45, 7) is 2.06. The SMILES string of the molecule is CCc1ccccc1-c1c(C=O)cccc1C=O. The molecule has 18 heavy (non-hydrogen) atoms. The summed E-state index contributed by atoms with van der Waals surface area (Å²) in [5.74, 6) is 0. The molecule has 0 heterocycles. The maximum absolute atomic E-state index is 11.2. The Morgan fingerprint density at radius 1 is 0.889 bits per heavy atom. The molecule has 2 heteroatoms. The highest BCUT2D eigenvalue weighted by Gasteiger charge is 2.12. The van der Waals surface area contributed by atoms with E-state index in [1.165, 1.54) is 0 Å². The highest BCUT2D eigenvalue weighted by atomic mass is 16.1. The summed E-state index contributed by atoms with van der Waals surface area (Å²) in [5, 5.41) is 0. The van der Waals surface area contributed by atoms with Crippen molar-refractivity contribution >= 4 is 12.6 Å². The molecular weight excluding hydrogens is 224 g/mol. The molecule has 0 atom stereocenters. The third-order valence-electron chi connectivity index (χ3n) is 3.05. The van der Waals surface area contributed by atoms with Gasteiger partial charge in [-0.25, -0.2) is 0 Å². The van der Waals surface area contributed by atoms with Crippen molar-refractivity contribution in [2.75, 3.05) is 0 Å². The molecule has 0 radical (unpaired) electrons. The largest absolute Gasteiger partial charge is 0.298 e. The van der Waals surface area contributed by atoms with Gasteiger partial charge in [0.15, 0.2) is 12.6 Å². The van der Waals surface area contributed by atoms with Gasteiger partial charge >= 0.3 is 0 Å². The van der Waals surface area contributed by atoms with Gasteiger partial charge in [-0.3, -0.25) is 9.59 Å². The molecule has 0 N–H and O–H groups in total. The van der Waals surface area contributed by atoms with Gasteiger partial charge in [-0.2, -0.15) is 0 Å². The van der Waals surface area contributed by atoms with Crippen LogP contribution in [0, 0.1) is 0 Å². The van der Waals surface area contributed by atoms with E-state index in [0.29, 0.717) is 11.1 Å². The topological polar surface area (TPSA) is 34.1 Å². The Labute approximate surface area is 106 Å². The van der Waals surface area contributed by atoms with Crippen molar-refractivity contribution in [2.45, 2.75) is 13.3 Å². The first-order valence-corrected chi connectivity index (χ1v) is 5.93. The van der Waals surface area contributed by atoms with Gasteiger partial charge < -0.3 is 0 Å². The van der Waals surface area contributed by atoms with Gasteiger partial charge in [-0.1, -0.05) is 49.4 Å². The minimum absolute atomic E-state index is 0.556. The number of benzene rings is 2. The molecule has 0 fully saturated rings.